The average molecular weight is 1390 g/mol. The number of aliphatic hydroxyl groups is 1. The first-order valence-electron chi connectivity index (χ1n) is 31.9. The number of nitrogens with one attached hydrogen (secondary N) is 12. The summed E-state index contributed by atoms with van der Waals surface area (Å²) >= 11 is 0. The molecule has 37 heteroatoms. The lowest BCUT2D eigenvalue weighted by Gasteiger charge is -2.28. The van der Waals surface area contributed by atoms with Gasteiger partial charge in [-0.25, -0.2) is 4.79 Å². The molecule has 0 unspecified atom stereocenters. The van der Waals surface area contributed by atoms with Crippen LogP contribution in [0.1, 0.15) is 130 Å². The number of hydrogen-bond donors (Lipinski definition) is 21. The lowest BCUT2D eigenvalue weighted by molar-refractivity contribution is -0.143. The number of aromatic amines is 1. The molecule has 0 radical (unpaired) electrons. The molecule has 0 fully saturated rings. The van der Waals surface area contributed by atoms with E-state index in [1.165, 1.54) is 6.92 Å². The second kappa shape index (κ2) is 43.3. The van der Waals surface area contributed by atoms with Crippen molar-refractivity contribution in [3.8, 4) is 0 Å². The Morgan fingerprint density at radius 3 is 1.36 bits per heavy atom. The van der Waals surface area contributed by atoms with Crippen LogP contribution < -0.4 is 81.4 Å². The number of nitrogens with two attached hydrogens (primary N) is 4. The molecule has 2 rings (SSSR count). The van der Waals surface area contributed by atoms with Crippen LogP contribution in [0, 0.1) is 11.8 Å². The number of unbranched alkanes of at least 4 members (excludes halogenated alkanes) is 2. The summed E-state index contributed by atoms with van der Waals surface area (Å²) < 4.78 is 0. The molecule has 0 aliphatic heterocycles. The van der Waals surface area contributed by atoms with Gasteiger partial charge in [0.15, 0.2) is 0 Å². The van der Waals surface area contributed by atoms with Gasteiger partial charge in [-0.15, -0.1) is 0 Å². The van der Waals surface area contributed by atoms with Gasteiger partial charge >= 0.3 is 23.9 Å². The number of carboxylic acid groups (broad SMARTS) is 4. The van der Waals surface area contributed by atoms with E-state index in [0.717, 1.165) is 0 Å². The van der Waals surface area contributed by atoms with Crippen molar-refractivity contribution in [3.05, 3.63) is 36.0 Å². The molecule has 0 saturated carbocycles. The fourth-order valence-electron chi connectivity index (χ4n) is 9.72. The SMILES string of the molecule is CC(C)C[C@H](NC(=O)[C@H](C)NC(=O)[C@H](CC(C)C)NC(=O)[C@H](Cc1c[nH]c2ccccc12)NC(=O)[C@H](CC(N)=O)NC(=O)[C@@H](N)CO)C(=O)N[C@@H](CCCCN)C(=O)NCC(=O)N[C@@H](CC(=O)O)C(=O)N[C@@H](CCC(=O)O)C(=O)N[C@@H](CCC(=O)O)C(=O)N[C@@H](CCCCN)C(=O)O. The van der Waals surface area contributed by atoms with Gasteiger partial charge in [0.05, 0.1) is 26.0 Å². The van der Waals surface area contributed by atoms with Crippen LogP contribution in [0.3, 0.4) is 0 Å². The molecule has 0 aliphatic rings. The maximum absolute atomic E-state index is 14.4. The van der Waals surface area contributed by atoms with E-state index in [1.807, 2.05) is 0 Å². The number of carbonyl (C=O) groups is 16. The maximum atomic E-state index is 14.4. The first kappa shape index (κ1) is 84.2. The van der Waals surface area contributed by atoms with Crippen LogP contribution in [0.2, 0.25) is 0 Å². The van der Waals surface area contributed by atoms with Gasteiger partial charge in [0.2, 0.25) is 70.9 Å². The van der Waals surface area contributed by atoms with E-state index in [9.17, 15) is 102 Å². The van der Waals surface area contributed by atoms with Crippen molar-refractivity contribution < 1.29 is 102 Å². The highest BCUT2D eigenvalue weighted by atomic mass is 16.4. The van der Waals surface area contributed by atoms with Crippen molar-refractivity contribution in [3.63, 3.8) is 0 Å². The van der Waals surface area contributed by atoms with Crippen LogP contribution in [0.15, 0.2) is 30.5 Å². The normalized spacial score (nSPS) is 14.5. The minimum Gasteiger partial charge on any atom is -0.481 e. The van der Waals surface area contributed by atoms with Crippen LogP contribution in [0.25, 0.3) is 10.9 Å². The highest BCUT2D eigenvalue weighted by Gasteiger charge is 2.37. The number of carboxylic acids is 4. The summed E-state index contributed by atoms with van der Waals surface area (Å²) in [7, 11) is 0. The third kappa shape index (κ3) is 31.3. The third-order valence-corrected chi connectivity index (χ3v) is 14.9. The number of carbonyl (C=O) groups excluding carboxylic acids is 12. The molecule has 1 heterocycles. The monoisotopic (exact) mass is 1390 g/mol. The number of H-pyrrole nitrogens is 1. The van der Waals surface area contributed by atoms with E-state index >= 15 is 0 Å². The number of aromatic nitrogens is 1. The minimum absolute atomic E-state index is 0.0242. The Morgan fingerprint density at radius 2 is 0.878 bits per heavy atom. The Bertz CT molecular complexity index is 3110. The molecule has 0 aliphatic carbocycles. The summed E-state index contributed by atoms with van der Waals surface area (Å²) in [6.07, 6.45) is -2.43. The summed E-state index contributed by atoms with van der Waals surface area (Å²) in [6, 6.07) is -10.5. The summed E-state index contributed by atoms with van der Waals surface area (Å²) in [4.78, 5) is 213. The van der Waals surface area contributed by atoms with Gasteiger partial charge in [0.1, 0.15) is 66.5 Å². The smallest absolute Gasteiger partial charge is 0.326 e. The molecule has 12 amide bonds. The third-order valence-electron chi connectivity index (χ3n) is 14.9. The van der Waals surface area contributed by atoms with Crippen LogP contribution in [0.5, 0.6) is 0 Å². The number of hydrogen-bond acceptors (Lipinski definition) is 20. The largest absolute Gasteiger partial charge is 0.481 e. The zero-order valence-electron chi connectivity index (χ0n) is 55.4. The lowest BCUT2D eigenvalue weighted by Crippen LogP contribution is -2.60. The average Bonchev–Trinajstić information content (AvgIpc) is 1.62. The quantitative estimate of drug-likeness (QED) is 0.0275. The van der Waals surface area contributed by atoms with Gasteiger partial charge in [-0.1, -0.05) is 45.9 Å². The first-order valence-corrected chi connectivity index (χ1v) is 31.9. The molecule has 1 aromatic heterocycles. The fraction of sp³-hybridized carbons (Fsp3) is 0.607. The number of aliphatic carboxylic acids is 4. The molecule has 98 heavy (non-hydrogen) atoms. The van der Waals surface area contributed by atoms with E-state index in [0.29, 0.717) is 29.3 Å². The Balaban J connectivity index is 2.35. The van der Waals surface area contributed by atoms with Gasteiger partial charge in [0, 0.05) is 36.4 Å². The second-order valence-corrected chi connectivity index (χ2v) is 24.2. The molecule has 0 bridgehead atoms. The van der Waals surface area contributed by atoms with Gasteiger partial charge in [-0.05, 0) is 108 Å². The predicted octanol–water partition coefficient (Wildman–Crippen LogP) is -5.47. The second-order valence-electron chi connectivity index (χ2n) is 24.2. The highest BCUT2D eigenvalue weighted by molar-refractivity contribution is 6.00. The summed E-state index contributed by atoms with van der Waals surface area (Å²) in [5.74, 6) is -19.3. The highest BCUT2D eigenvalue weighted by Crippen LogP contribution is 2.20. The molecule has 37 nitrogen and oxygen atoms in total. The van der Waals surface area contributed by atoms with Crippen LogP contribution in [0.4, 0.5) is 0 Å². The number of aliphatic hydroxyl groups excluding tert-OH is 1. The number of amides is 12. The summed E-state index contributed by atoms with van der Waals surface area (Å²) in [5.41, 5.74) is 23.4. The van der Waals surface area contributed by atoms with E-state index in [1.54, 1.807) is 58.2 Å². The number of primary amides is 1. The number of fused-ring (bicyclic) bond motifs is 1. The van der Waals surface area contributed by atoms with Gasteiger partial charge in [-0.2, -0.15) is 0 Å². The summed E-state index contributed by atoms with van der Waals surface area (Å²) in [6.45, 7) is 6.76. The lowest BCUT2D eigenvalue weighted by atomic mass is 10.00. The van der Waals surface area contributed by atoms with Gasteiger partial charge in [0.25, 0.3) is 0 Å². The van der Waals surface area contributed by atoms with Crippen molar-refractivity contribution in [2.24, 2.45) is 34.8 Å². The summed E-state index contributed by atoms with van der Waals surface area (Å²) in [5, 5.41) is 74.3. The predicted molar refractivity (Wildman–Crippen MR) is 347 cm³/mol. The van der Waals surface area contributed by atoms with Gasteiger partial charge < -0.3 is 112 Å². The van der Waals surface area contributed by atoms with Crippen LogP contribution in [-0.2, 0) is 83.1 Å². The Hall–Kier alpha value is -9.88. The van der Waals surface area contributed by atoms with Crippen molar-refractivity contribution in [2.75, 3.05) is 26.2 Å². The maximum Gasteiger partial charge on any atom is 0.326 e. The number of rotatable bonds is 48. The molecule has 1 aromatic carbocycles. The first-order chi connectivity index (χ1) is 46.1. The molecule has 0 saturated heterocycles. The Labute approximate surface area is 564 Å². The Kier molecular flexibility index (Phi) is 37.2. The number of para-hydroxylation sites is 1. The molecule has 11 atom stereocenters. The zero-order valence-corrected chi connectivity index (χ0v) is 55.4. The van der Waals surface area contributed by atoms with Crippen molar-refractivity contribution in [1.29, 1.82) is 0 Å². The van der Waals surface area contributed by atoms with Crippen molar-refractivity contribution in [1.82, 2.24) is 63.5 Å². The van der Waals surface area contributed by atoms with Crippen molar-refractivity contribution in [2.45, 2.75) is 197 Å². The standard InChI is InChI=1S/C61H96N16O21/c1-30(2)22-41(76-58(94)43(24-33-27-66-36-13-7-6-12-34(33)36)77-59(95)44(25-46(65)79)75-52(88)35(64)29-78)56(92)68-32(5)51(87)74-42(23-31(3)4)57(93)70-37(14-8-10-20-62)53(89)67-28-47(80)69-45(26-50(85)86)60(96)72-38(16-18-48(81)82)54(90)71-39(17-19-49(83)84)55(91)73-40(61(97)98)15-9-11-21-63/h6-7,12-13,27,30-32,35,37-45,66,78H,8-11,14-26,28-29,62-64H2,1-5H3,(H2,65,79)(H,67,89)(H,68,92)(H,69,80)(H,70,93)(H,71,90)(H,72,96)(H,73,91)(H,74,87)(H,75,88)(H,76,94)(H,77,95)(H,81,82)(H,83,84)(H,85,86)(H,97,98)/t32-,35-,37-,38-,39-,40-,41-,42-,43-,44-,45-/m0/s1. The van der Waals surface area contributed by atoms with Gasteiger partial charge in [-0.3, -0.25) is 71.9 Å². The van der Waals surface area contributed by atoms with E-state index in [4.69, 9.17) is 22.9 Å². The molecule has 2 aromatic rings. The Morgan fingerprint density at radius 1 is 0.459 bits per heavy atom. The van der Waals surface area contributed by atoms with Crippen LogP contribution >= 0.6 is 0 Å². The molecular formula is C61H96N16O21. The number of benzene rings is 1. The molecule has 0 spiro atoms. The molecule has 25 N–H and O–H groups in total. The molecular weight excluding hydrogens is 1290 g/mol. The van der Waals surface area contributed by atoms with E-state index < -0.39 is 213 Å². The minimum atomic E-state index is -2.04. The topological polar surface area (TPSA) is 626 Å². The molecule has 546 valence electrons. The van der Waals surface area contributed by atoms with Crippen LogP contribution in [-0.4, -0.2) is 218 Å². The fourth-order valence-corrected chi connectivity index (χ4v) is 9.72. The zero-order chi connectivity index (χ0) is 73.9. The van der Waals surface area contributed by atoms with E-state index in [2.05, 4.69) is 63.5 Å². The van der Waals surface area contributed by atoms with Crippen molar-refractivity contribution >= 4 is 106 Å². The van der Waals surface area contributed by atoms with E-state index in [-0.39, 0.29) is 69.9 Å².